The molecule has 0 saturated carbocycles. The smallest absolute Gasteiger partial charge is 0.309 e. The number of carbonyl (C=O) groups is 3. The number of ether oxygens (including phenoxy) is 1. The largest absolute Gasteiger partial charge is 0.466 e. The summed E-state index contributed by atoms with van der Waals surface area (Å²) in [5, 5.41) is 10.8. The molecule has 0 spiro atoms. The van der Waals surface area contributed by atoms with Gasteiger partial charge in [0.1, 0.15) is 0 Å². The second kappa shape index (κ2) is 12.4. The Kier molecular flexibility index (Phi) is 10.2. The van der Waals surface area contributed by atoms with Crippen molar-refractivity contribution < 1.29 is 19.1 Å². The van der Waals surface area contributed by atoms with Crippen LogP contribution in [-0.4, -0.2) is 70.1 Å². The summed E-state index contributed by atoms with van der Waals surface area (Å²) in [6, 6.07) is 0. The summed E-state index contributed by atoms with van der Waals surface area (Å²) in [6.45, 7) is 7.86. The lowest BCUT2D eigenvalue weighted by atomic mass is 9.97. The molecule has 162 valence electrons. The number of hydrogen-bond donors (Lipinski definition) is 1. The van der Waals surface area contributed by atoms with Gasteiger partial charge in [-0.25, -0.2) is 0 Å². The molecule has 8 nitrogen and oxygen atoms in total. The molecule has 1 unspecified atom stereocenters. The first-order valence-corrected chi connectivity index (χ1v) is 12.5. The summed E-state index contributed by atoms with van der Waals surface area (Å²) in [4.78, 5) is 38.0. The Morgan fingerprint density at radius 1 is 1.24 bits per heavy atom. The SMILES string of the molecule is CCCNC(=O)CSc1nnc(SC(C)C(=O)N2CCC(C(=O)OCC)CC2)s1. The van der Waals surface area contributed by atoms with Crippen LogP contribution in [0.5, 0.6) is 0 Å². The zero-order chi connectivity index (χ0) is 21.2. The lowest BCUT2D eigenvalue weighted by Crippen LogP contribution is -2.43. The van der Waals surface area contributed by atoms with Crippen molar-refractivity contribution in [3.05, 3.63) is 0 Å². The van der Waals surface area contributed by atoms with Crippen molar-refractivity contribution in [3.8, 4) is 0 Å². The van der Waals surface area contributed by atoms with Crippen LogP contribution >= 0.6 is 34.9 Å². The number of nitrogens with zero attached hydrogens (tertiary/aromatic N) is 3. The van der Waals surface area contributed by atoms with E-state index in [1.54, 1.807) is 6.92 Å². The van der Waals surface area contributed by atoms with Crippen molar-refractivity contribution in [2.45, 2.75) is 54.0 Å². The number of carbonyl (C=O) groups excluding carboxylic acids is 3. The minimum absolute atomic E-state index is 0.0176. The fraction of sp³-hybridized carbons (Fsp3) is 0.722. The molecule has 1 N–H and O–H groups in total. The van der Waals surface area contributed by atoms with Crippen LogP contribution in [0.15, 0.2) is 8.68 Å². The van der Waals surface area contributed by atoms with Gasteiger partial charge in [-0.15, -0.1) is 10.2 Å². The third-order valence-corrected chi connectivity index (χ3v) is 7.57. The first kappa shape index (κ1) is 23.9. The van der Waals surface area contributed by atoms with E-state index in [9.17, 15) is 14.4 Å². The zero-order valence-corrected chi connectivity index (χ0v) is 19.5. The monoisotopic (exact) mass is 460 g/mol. The van der Waals surface area contributed by atoms with Gasteiger partial charge in [0.25, 0.3) is 0 Å². The molecule has 2 heterocycles. The van der Waals surface area contributed by atoms with E-state index < -0.39 is 0 Å². The van der Waals surface area contributed by atoms with Gasteiger partial charge in [-0.1, -0.05) is 41.8 Å². The number of rotatable bonds is 10. The molecule has 0 aromatic carbocycles. The molecule has 29 heavy (non-hydrogen) atoms. The van der Waals surface area contributed by atoms with Gasteiger partial charge in [0.2, 0.25) is 11.8 Å². The van der Waals surface area contributed by atoms with Gasteiger partial charge in [0, 0.05) is 19.6 Å². The van der Waals surface area contributed by atoms with Gasteiger partial charge in [-0.05, 0) is 33.1 Å². The van der Waals surface area contributed by atoms with E-state index in [2.05, 4.69) is 15.5 Å². The average Bonchev–Trinajstić information content (AvgIpc) is 3.17. The summed E-state index contributed by atoms with van der Waals surface area (Å²) in [5.41, 5.74) is 0. The molecule has 1 fully saturated rings. The van der Waals surface area contributed by atoms with Gasteiger partial charge >= 0.3 is 5.97 Å². The van der Waals surface area contributed by atoms with Gasteiger partial charge in [0.15, 0.2) is 8.68 Å². The number of hydrogen-bond acceptors (Lipinski definition) is 9. The molecular formula is C18H28N4O4S3. The Balaban J connectivity index is 1.76. The van der Waals surface area contributed by atoms with Crippen LogP contribution in [0.3, 0.4) is 0 Å². The van der Waals surface area contributed by atoms with Crippen molar-refractivity contribution in [1.82, 2.24) is 20.4 Å². The van der Waals surface area contributed by atoms with Crippen LogP contribution in [-0.2, 0) is 19.1 Å². The van der Waals surface area contributed by atoms with Gasteiger partial charge in [-0.3, -0.25) is 14.4 Å². The maximum Gasteiger partial charge on any atom is 0.309 e. The van der Waals surface area contributed by atoms with Crippen molar-refractivity contribution in [2.24, 2.45) is 5.92 Å². The quantitative estimate of drug-likeness (QED) is 0.420. The lowest BCUT2D eigenvalue weighted by Gasteiger charge is -2.32. The Labute approximate surface area is 183 Å². The number of esters is 1. The van der Waals surface area contributed by atoms with Crippen LogP contribution in [0.25, 0.3) is 0 Å². The molecule has 2 rings (SSSR count). The molecule has 0 bridgehead atoms. The fourth-order valence-corrected chi connectivity index (χ4v) is 5.88. The van der Waals surface area contributed by atoms with Crippen LogP contribution < -0.4 is 5.32 Å². The number of thioether (sulfide) groups is 2. The molecule has 1 saturated heterocycles. The molecule has 0 radical (unpaired) electrons. The zero-order valence-electron chi connectivity index (χ0n) is 17.0. The molecule has 0 aliphatic carbocycles. The minimum atomic E-state index is -0.284. The van der Waals surface area contributed by atoms with Gasteiger partial charge in [0.05, 0.1) is 23.5 Å². The topological polar surface area (TPSA) is 101 Å². The van der Waals surface area contributed by atoms with Gasteiger partial charge < -0.3 is 15.0 Å². The first-order chi connectivity index (χ1) is 13.9. The van der Waals surface area contributed by atoms with Crippen LogP contribution in [0.2, 0.25) is 0 Å². The van der Waals surface area contributed by atoms with E-state index in [1.165, 1.54) is 34.9 Å². The van der Waals surface area contributed by atoms with Crippen molar-refractivity contribution in [1.29, 1.82) is 0 Å². The molecule has 11 heteroatoms. The maximum atomic E-state index is 12.7. The van der Waals surface area contributed by atoms with Gasteiger partial charge in [-0.2, -0.15) is 0 Å². The van der Waals surface area contributed by atoms with E-state index >= 15 is 0 Å². The lowest BCUT2D eigenvalue weighted by molar-refractivity contribution is -0.151. The number of amides is 2. The highest BCUT2D eigenvalue weighted by molar-refractivity contribution is 8.04. The highest BCUT2D eigenvalue weighted by atomic mass is 32.2. The molecular weight excluding hydrogens is 432 g/mol. The second-order valence-electron chi connectivity index (χ2n) is 6.58. The highest BCUT2D eigenvalue weighted by Crippen LogP contribution is 2.32. The summed E-state index contributed by atoms with van der Waals surface area (Å²) in [5.74, 6) is 0.0589. The predicted octanol–water partition coefficient (Wildman–Crippen LogP) is 2.44. The summed E-state index contributed by atoms with van der Waals surface area (Å²) >= 11 is 4.12. The summed E-state index contributed by atoms with van der Waals surface area (Å²) < 4.78 is 6.50. The normalized spacial score (nSPS) is 15.8. The molecule has 1 aliphatic heterocycles. The predicted molar refractivity (Wildman–Crippen MR) is 115 cm³/mol. The number of nitrogens with one attached hydrogen (secondary N) is 1. The molecule has 1 aliphatic rings. The Morgan fingerprint density at radius 3 is 2.59 bits per heavy atom. The summed E-state index contributed by atoms with van der Waals surface area (Å²) in [6.07, 6.45) is 2.19. The van der Waals surface area contributed by atoms with Crippen LogP contribution in [0, 0.1) is 5.92 Å². The van der Waals surface area contributed by atoms with Crippen molar-refractivity contribution in [3.63, 3.8) is 0 Å². The Hall–Kier alpha value is -1.33. The number of likely N-dealkylation sites (tertiary alicyclic amines) is 1. The number of aromatic nitrogens is 2. The standard InChI is InChI=1S/C18H28N4O4S3/c1-4-8-19-14(23)11-27-17-20-21-18(29-17)28-12(3)15(24)22-9-6-13(7-10-22)16(25)26-5-2/h12-13H,4-11H2,1-3H3,(H,19,23). The fourth-order valence-electron chi connectivity index (χ4n) is 2.80. The minimum Gasteiger partial charge on any atom is -0.466 e. The van der Waals surface area contributed by atoms with E-state index in [0.717, 1.165) is 6.42 Å². The molecule has 1 atom stereocenters. The Morgan fingerprint density at radius 2 is 1.93 bits per heavy atom. The highest BCUT2D eigenvalue weighted by Gasteiger charge is 2.30. The summed E-state index contributed by atoms with van der Waals surface area (Å²) in [7, 11) is 0. The second-order valence-corrected chi connectivity index (χ2v) is 10.4. The van der Waals surface area contributed by atoms with Crippen LogP contribution in [0.1, 0.15) is 40.0 Å². The van der Waals surface area contributed by atoms with Crippen molar-refractivity contribution in [2.75, 3.05) is 32.0 Å². The molecule has 1 aromatic rings. The molecule has 2 amide bonds. The van der Waals surface area contributed by atoms with E-state index in [-0.39, 0.29) is 29.0 Å². The first-order valence-electron chi connectivity index (χ1n) is 9.79. The Bertz CT molecular complexity index is 692. The maximum absolute atomic E-state index is 12.7. The third-order valence-electron chi connectivity index (χ3n) is 4.34. The van der Waals surface area contributed by atoms with E-state index in [4.69, 9.17) is 4.74 Å². The molecule has 1 aromatic heterocycles. The van der Waals surface area contributed by atoms with Crippen LogP contribution in [0.4, 0.5) is 0 Å². The van der Waals surface area contributed by atoms with Crippen molar-refractivity contribution >= 4 is 52.6 Å². The van der Waals surface area contributed by atoms with E-state index in [0.29, 0.717) is 53.5 Å². The average molecular weight is 461 g/mol. The van der Waals surface area contributed by atoms with E-state index in [1.807, 2.05) is 18.7 Å². The number of piperidine rings is 1. The third kappa shape index (κ3) is 7.78.